The van der Waals surface area contributed by atoms with Crippen LogP contribution < -0.4 is 5.32 Å². The molecule has 0 aliphatic heterocycles. The van der Waals surface area contributed by atoms with Crippen molar-refractivity contribution in [3.8, 4) is 0 Å². The summed E-state index contributed by atoms with van der Waals surface area (Å²) in [6, 6.07) is 15.1. The van der Waals surface area contributed by atoms with Gasteiger partial charge in [-0.2, -0.15) is 5.10 Å². The molecule has 19 heavy (non-hydrogen) atoms. The number of fused-ring (bicyclic) bond motifs is 1. The Labute approximate surface area is 111 Å². The zero-order chi connectivity index (χ0) is 13.1. The summed E-state index contributed by atoms with van der Waals surface area (Å²) in [5, 5.41) is 12.7. The third-order valence-electron chi connectivity index (χ3n) is 3.33. The van der Waals surface area contributed by atoms with Gasteiger partial charge >= 0.3 is 0 Å². The van der Waals surface area contributed by atoms with Crippen LogP contribution in [0.25, 0.3) is 10.8 Å². The number of aromatic amines is 1. The summed E-state index contributed by atoms with van der Waals surface area (Å²) in [4.78, 5) is 4.12. The van der Waals surface area contributed by atoms with Crippen LogP contribution in [0.15, 0.2) is 48.8 Å². The van der Waals surface area contributed by atoms with Gasteiger partial charge in [0, 0.05) is 6.04 Å². The summed E-state index contributed by atoms with van der Waals surface area (Å²) in [7, 11) is 0. The van der Waals surface area contributed by atoms with Crippen LogP contribution in [-0.2, 0) is 6.54 Å². The van der Waals surface area contributed by atoms with Gasteiger partial charge in [-0.3, -0.25) is 5.10 Å². The molecule has 3 aromatic rings. The number of aromatic nitrogens is 3. The topological polar surface area (TPSA) is 53.6 Å². The largest absolute Gasteiger partial charge is 0.303 e. The predicted octanol–water partition coefficient (Wildman–Crippen LogP) is 2.81. The van der Waals surface area contributed by atoms with Crippen LogP contribution in [0.1, 0.15) is 24.4 Å². The average Bonchev–Trinajstić information content (AvgIpc) is 2.97. The molecule has 4 heteroatoms. The quantitative estimate of drug-likeness (QED) is 0.750. The van der Waals surface area contributed by atoms with E-state index in [0.29, 0.717) is 6.54 Å². The van der Waals surface area contributed by atoms with E-state index in [4.69, 9.17) is 0 Å². The van der Waals surface area contributed by atoms with E-state index in [1.54, 1.807) is 0 Å². The molecular weight excluding hydrogens is 236 g/mol. The lowest BCUT2D eigenvalue weighted by Gasteiger charge is -2.15. The van der Waals surface area contributed by atoms with Crippen LogP contribution >= 0.6 is 0 Å². The minimum absolute atomic E-state index is 0.260. The highest BCUT2D eigenvalue weighted by Crippen LogP contribution is 2.24. The molecule has 2 aromatic carbocycles. The molecule has 1 aromatic heterocycles. The zero-order valence-electron chi connectivity index (χ0n) is 10.8. The van der Waals surface area contributed by atoms with Crippen molar-refractivity contribution in [3.63, 3.8) is 0 Å². The van der Waals surface area contributed by atoms with E-state index in [1.165, 1.54) is 22.7 Å². The van der Waals surface area contributed by atoms with Crippen LogP contribution in [0.5, 0.6) is 0 Å². The molecule has 0 saturated carbocycles. The molecule has 1 unspecified atom stereocenters. The van der Waals surface area contributed by atoms with E-state index < -0.39 is 0 Å². The Morgan fingerprint density at radius 1 is 1.16 bits per heavy atom. The van der Waals surface area contributed by atoms with E-state index in [0.717, 1.165) is 5.82 Å². The Balaban J connectivity index is 1.83. The molecule has 2 N–H and O–H groups in total. The Bertz CT molecular complexity index is 655. The number of hydrogen-bond donors (Lipinski definition) is 2. The Kier molecular flexibility index (Phi) is 3.25. The van der Waals surface area contributed by atoms with Gasteiger partial charge in [0.05, 0.1) is 6.54 Å². The average molecular weight is 252 g/mol. The molecule has 1 atom stereocenters. The second-order valence-corrected chi connectivity index (χ2v) is 4.60. The van der Waals surface area contributed by atoms with Gasteiger partial charge in [-0.15, -0.1) is 0 Å². The molecule has 0 amide bonds. The lowest BCUT2D eigenvalue weighted by atomic mass is 10.00. The maximum absolute atomic E-state index is 4.12. The Morgan fingerprint density at radius 3 is 2.84 bits per heavy atom. The molecule has 0 saturated heterocycles. The summed E-state index contributed by atoms with van der Waals surface area (Å²) in [6.45, 7) is 2.85. The zero-order valence-corrected chi connectivity index (χ0v) is 10.8. The minimum atomic E-state index is 0.260. The van der Waals surface area contributed by atoms with Gasteiger partial charge in [0.2, 0.25) is 0 Å². The fourth-order valence-electron chi connectivity index (χ4n) is 2.30. The fraction of sp³-hybridized carbons (Fsp3) is 0.200. The van der Waals surface area contributed by atoms with E-state index in [2.05, 4.69) is 69.9 Å². The second kappa shape index (κ2) is 5.20. The molecule has 4 nitrogen and oxygen atoms in total. The van der Waals surface area contributed by atoms with Crippen molar-refractivity contribution >= 4 is 10.8 Å². The van der Waals surface area contributed by atoms with Crippen molar-refractivity contribution in [1.29, 1.82) is 0 Å². The minimum Gasteiger partial charge on any atom is -0.303 e. The van der Waals surface area contributed by atoms with Crippen molar-refractivity contribution in [1.82, 2.24) is 20.5 Å². The lowest BCUT2D eigenvalue weighted by Crippen LogP contribution is -2.19. The summed E-state index contributed by atoms with van der Waals surface area (Å²) < 4.78 is 0. The highest BCUT2D eigenvalue weighted by Gasteiger charge is 2.09. The van der Waals surface area contributed by atoms with Gasteiger partial charge in [0.25, 0.3) is 0 Å². The first-order valence-electron chi connectivity index (χ1n) is 6.40. The van der Waals surface area contributed by atoms with E-state index >= 15 is 0 Å². The first-order valence-corrected chi connectivity index (χ1v) is 6.40. The van der Waals surface area contributed by atoms with Gasteiger partial charge in [0.1, 0.15) is 12.2 Å². The summed E-state index contributed by atoms with van der Waals surface area (Å²) in [6.07, 6.45) is 1.53. The van der Waals surface area contributed by atoms with E-state index in [9.17, 15) is 0 Å². The van der Waals surface area contributed by atoms with Crippen molar-refractivity contribution in [2.24, 2.45) is 0 Å². The molecule has 0 fully saturated rings. The SMILES string of the molecule is CC(NCc1ncn[nH]1)c1cccc2ccccc12. The number of benzene rings is 2. The third kappa shape index (κ3) is 2.48. The van der Waals surface area contributed by atoms with Gasteiger partial charge < -0.3 is 5.32 Å². The number of rotatable bonds is 4. The smallest absolute Gasteiger partial charge is 0.138 e. The van der Waals surface area contributed by atoms with Crippen molar-refractivity contribution < 1.29 is 0 Å². The maximum atomic E-state index is 4.12. The van der Waals surface area contributed by atoms with Crippen LogP contribution in [0, 0.1) is 0 Å². The molecule has 96 valence electrons. The number of nitrogens with zero attached hydrogens (tertiary/aromatic N) is 2. The molecule has 0 bridgehead atoms. The first-order chi connectivity index (χ1) is 9.34. The van der Waals surface area contributed by atoms with Crippen LogP contribution in [0.4, 0.5) is 0 Å². The fourth-order valence-corrected chi connectivity index (χ4v) is 2.30. The number of nitrogens with one attached hydrogen (secondary N) is 2. The van der Waals surface area contributed by atoms with Crippen molar-refractivity contribution in [2.45, 2.75) is 19.5 Å². The monoisotopic (exact) mass is 252 g/mol. The summed E-state index contributed by atoms with van der Waals surface area (Å²) >= 11 is 0. The Hall–Kier alpha value is -2.20. The number of H-pyrrole nitrogens is 1. The number of hydrogen-bond acceptors (Lipinski definition) is 3. The first kappa shape index (κ1) is 11.9. The van der Waals surface area contributed by atoms with Gasteiger partial charge in [-0.05, 0) is 23.3 Å². The lowest BCUT2D eigenvalue weighted by molar-refractivity contribution is 0.563. The highest BCUT2D eigenvalue weighted by molar-refractivity contribution is 5.86. The molecule has 0 radical (unpaired) electrons. The van der Waals surface area contributed by atoms with Crippen LogP contribution in [-0.4, -0.2) is 15.2 Å². The van der Waals surface area contributed by atoms with Crippen LogP contribution in [0.2, 0.25) is 0 Å². The molecule has 0 aliphatic rings. The molecule has 0 spiro atoms. The van der Waals surface area contributed by atoms with Crippen molar-refractivity contribution in [2.75, 3.05) is 0 Å². The highest BCUT2D eigenvalue weighted by atomic mass is 15.2. The molecule has 3 rings (SSSR count). The van der Waals surface area contributed by atoms with Crippen molar-refractivity contribution in [3.05, 3.63) is 60.2 Å². The predicted molar refractivity (Wildman–Crippen MR) is 75.6 cm³/mol. The third-order valence-corrected chi connectivity index (χ3v) is 3.33. The van der Waals surface area contributed by atoms with Gasteiger partial charge in [-0.1, -0.05) is 42.5 Å². The summed E-state index contributed by atoms with van der Waals surface area (Å²) in [5.74, 6) is 0.854. The second-order valence-electron chi connectivity index (χ2n) is 4.60. The van der Waals surface area contributed by atoms with Crippen LogP contribution in [0.3, 0.4) is 0 Å². The van der Waals surface area contributed by atoms with E-state index in [1.807, 2.05) is 0 Å². The molecular formula is C15H16N4. The standard InChI is InChI=1S/C15H16N4/c1-11(16-9-15-17-10-18-19-15)13-8-4-6-12-5-2-3-7-14(12)13/h2-8,10-11,16H,9H2,1H3,(H,17,18,19). The molecule has 1 heterocycles. The van der Waals surface area contributed by atoms with Gasteiger partial charge in [-0.25, -0.2) is 4.98 Å². The summed E-state index contributed by atoms with van der Waals surface area (Å²) in [5.41, 5.74) is 1.30. The van der Waals surface area contributed by atoms with E-state index in [-0.39, 0.29) is 6.04 Å². The molecule has 0 aliphatic carbocycles. The Morgan fingerprint density at radius 2 is 2.00 bits per heavy atom. The normalized spacial score (nSPS) is 12.7. The maximum Gasteiger partial charge on any atom is 0.138 e. The van der Waals surface area contributed by atoms with Gasteiger partial charge in [0.15, 0.2) is 0 Å².